The van der Waals surface area contributed by atoms with Crippen LogP contribution in [0.25, 0.3) is 17.0 Å². The maximum atomic E-state index is 14.3. The quantitative estimate of drug-likeness (QED) is 0.361. The van der Waals surface area contributed by atoms with Crippen LogP contribution in [0.4, 0.5) is 9.18 Å². The zero-order valence-corrected chi connectivity index (χ0v) is 19.2. The van der Waals surface area contributed by atoms with Crippen molar-refractivity contribution in [1.29, 1.82) is 0 Å². The van der Waals surface area contributed by atoms with Crippen LogP contribution in [0.1, 0.15) is 24.5 Å². The lowest BCUT2D eigenvalue weighted by Crippen LogP contribution is -2.28. The molecule has 2 aromatic carbocycles. The summed E-state index contributed by atoms with van der Waals surface area (Å²) in [5.74, 6) is -0.649. The maximum absolute atomic E-state index is 14.3. The minimum Gasteiger partial charge on any atom is -0.342 e. The average Bonchev–Trinajstić information content (AvgIpc) is 3.17. The van der Waals surface area contributed by atoms with Gasteiger partial charge in [0.25, 0.3) is 11.1 Å². The van der Waals surface area contributed by atoms with Gasteiger partial charge in [0.2, 0.25) is 0 Å². The summed E-state index contributed by atoms with van der Waals surface area (Å²) < 4.78 is 17.1. The first-order valence-electron chi connectivity index (χ1n) is 9.35. The van der Waals surface area contributed by atoms with Crippen molar-refractivity contribution in [2.75, 3.05) is 6.54 Å². The maximum Gasteiger partial charge on any atom is 0.293 e. The number of amides is 2. The van der Waals surface area contributed by atoms with Crippen LogP contribution in [0, 0.1) is 5.82 Å². The summed E-state index contributed by atoms with van der Waals surface area (Å²) in [6.07, 6.45) is 4.30. The summed E-state index contributed by atoms with van der Waals surface area (Å²) in [4.78, 5) is 26.5. The van der Waals surface area contributed by atoms with Crippen molar-refractivity contribution in [3.05, 3.63) is 73.9 Å². The van der Waals surface area contributed by atoms with Gasteiger partial charge in [-0.25, -0.2) is 4.39 Å². The van der Waals surface area contributed by atoms with E-state index < -0.39 is 0 Å². The Morgan fingerprint density at radius 3 is 2.77 bits per heavy atom. The van der Waals surface area contributed by atoms with Crippen LogP contribution < -0.4 is 0 Å². The molecule has 1 aliphatic rings. The highest BCUT2D eigenvalue weighted by molar-refractivity contribution is 9.10. The van der Waals surface area contributed by atoms with Crippen LogP contribution >= 0.6 is 39.3 Å². The van der Waals surface area contributed by atoms with Crippen LogP contribution in [0.2, 0.25) is 5.02 Å². The molecular weight excluding hydrogens is 491 g/mol. The number of imide groups is 1. The number of nitrogens with zero attached hydrogens (tertiary/aromatic N) is 2. The number of thioether (sulfide) groups is 1. The molecule has 0 aliphatic carbocycles. The largest absolute Gasteiger partial charge is 0.342 e. The monoisotopic (exact) mass is 506 g/mol. The van der Waals surface area contributed by atoms with Gasteiger partial charge >= 0.3 is 0 Å². The van der Waals surface area contributed by atoms with Crippen LogP contribution in [0.15, 0.2) is 52.0 Å². The predicted molar refractivity (Wildman–Crippen MR) is 123 cm³/mol. The number of carbonyl (C=O) groups excluding carboxylic acids is 2. The Morgan fingerprint density at radius 2 is 2.03 bits per heavy atom. The van der Waals surface area contributed by atoms with Crippen molar-refractivity contribution in [3.63, 3.8) is 0 Å². The normalized spacial score (nSPS) is 15.7. The fourth-order valence-electron chi connectivity index (χ4n) is 3.45. The predicted octanol–water partition coefficient (Wildman–Crippen LogP) is 6.69. The summed E-state index contributed by atoms with van der Waals surface area (Å²) in [5.41, 5.74) is 2.05. The van der Waals surface area contributed by atoms with Gasteiger partial charge in [-0.05, 0) is 54.6 Å². The van der Waals surface area contributed by atoms with E-state index in [4.69, 9.17) is 11.6 Å². The Bertz CT molecular complexity index is 1190. The molecule has 2 amide bonds. The molecule has 154 valence electrons. The lowest BCUT2D eigenvalue weighted by atomic mass is 10.1. The topological polar surface area (TPSA) is 42.3 Å². The summed E-state index contributed by atoms with van der Waals surface area (Å²) in [5, 5.41) is 0.992. The van der Waals surface area contributed by atoms with Crippen molar-refractivity contribution in [3.8, 4) is 0 Å². The molecule has 3 aromatic rings. The van der Waals surface area contributed by atoms with Crippen molar-refractivity contribution in [1.82, 2.24) is 9.47 Å². The second kappa shape index (κ2) is 8.57. The third-order valence-electron chi connectivity index (χ3n) is 4.87. The minimum atomic E-state index is -0.372. The zero-order chi connectivity index (χ0) is 21.4. The molecule has 0 N–H and O–H groups in total. The van der Waals surface area contributed by atoms with Crippen LogP contribution in [-0.2, 0) is 11.3 Å². The molecule has 4 rings (SSSR count). The lowest BCUT2D eigenvalue weighted by Gasteiger charge is -2.09. The van der Waals surface area contributed by atoms with E-state index >= 15 is 0 Å². The van der Waals surface area contributed by atoms with E-state index in [1.54, 1.807) is 18.2 Å². The van der Waals surface area contributed by atoms with Crippen LogP contribution in [0.5, 0.6) is 0 Å². The molecule has 0 spiro atoms. The van der Waals surface area contributed by atoms with Crippen molar-refractivity contribution >= 4 is 67.4 Å². The average molecular weight is 508 g/mol. The van der Waals surface area contributed by atoms with E-state index in [1.165, 1.54) is 11.0 Å². The summed E-state index contributed by atoms with van der Waals surface area (Å²) >= 11 is 10.6. The molecule has 2 heterocycles. The molecule has 0 unspecified atom stereocenters. The Balaban J connectivity index is 1.79. The van der Waals surface area contributed by atoms with Gasteiger partial charge in [-0.1, -0.05) is 40.5 Å². The molecule has 0 atom stereocenters. The smallest absolute Gasteiger partial charge is 0.293 e. The number of halogens is 3. The number of rotatable bonds is 5. The molecule has 0 bridgehead atoms. The van der Waals surface area contributed by atoms with E-state index in [0.717, 1.165) is 32.7 Å². The van der Waals surface area contributed by atoms with Crippen molar-refractivity contribution < 1.29 is 14.0 Å². The first kappa shape index (κ1) is 21.2. The summed E-state index contributed by atoms with van der Waals surface area (Å²) in [6.45, 7) is 2.57. The van der Waals surface area contributed by atoms with E-state index in [1.807, 2.05) is 35.9 Å². The number of aromatic nitrogens is 1. The minimum absolute atomic E-state index is 0.245. The van der Waals surface area contributed by atoms with Gasteiger partial charge in [0, 0.05) is 44.3 Å². The highest BCUT2D eigenvalue weighted by atomic mass is 79.9. The SMILES string of the molecule is CCCN1C(=O)S/C(=C\c2cn(Cc3c(F)cccc3Cl)c3ccc(Br)cc23)C1=O. The lowest BCUT2D eigenvalue weighted by molar-refractivity contribution is -0.122. The Hall–Kier alpha value is -2.09. The molecule has 1 saturated heterocycles. The van der Waals surface area contributed by atoms with Crippen molar-refractivity contribution in [2.24, 2.45) is 0 Å². The Labute approximate surface area is 190 Å². The second-order valence-corrected chi connectivity index (χ2v) is 9.22. The van der Waals surface area contributed by atoms with Gasteiger partial charge in [0.05, 0.1) is 11.4 Å². The fourth-order valence-corrected chi connectivity index (χ4v) is 4.89. The fraction of sp³-hybridized carbons (Fsp3) is 0.182. The molecule has 1 aromatic heterocycles. The second-order valence-electron chi connectivity index (χ2n) is 6.91. The Morgan fingerprint density at radius 1 is 1.23 bits per heavy atom. The third-order valence-corrected chi connectivity index (χ3v) is 6.63. The molecule has 1 fully saturated rings. The van der Waals surface area contributed by atoms with Gasteiger partial charge in [0.1, 0.15) is 5.82 Å². The van der Waals surface area contributed by atoms with Gasteiger partial charge in [-0.2, -0.15) is 0 Å². The van der Waals surface area contributed by atoms with Crippen LogP contribution in [-0.4, -0.2) is 27.2 Å². The van der Waals surface area contributed by atoms with Gasteiger partial charge in [0.15, 0.2) is 0 Å². The van der Waals surface area contributed by atoms with Gasteiger partial charge in [-0.3, -0.25) is 14.5 Å². The molecule has 1 aliphatic heterocycles. The molecular formula is C22H17BrClFN2O2S. The number of benzene rings is 2. The number of hydrogen-bond acceptors (Lipinski definition) is 3. The van der Waals surface area contributed by atoms with Crippen molar-refractivity contribution in [2.45, 2.75) is 19.9 Å². The zero-order valence-electron chi connectivity index (χ0n) is 16.0. The number of hydrogen-bond donors (Lipinski definition) is 0. The van der Waals surface area contributed by atoms with E-state index in [2.05, 4.69) is 15.9 Å². The molecule has 8 heteroatoms. The molecule has 4 nitrogen and oxygen atoms in total. The van der Waals surface area contributed by atoms with Gasteiger partial charge < -0.3 is 4.57 Å². The molecule has 30 heavy (non-hydrogen) atoms. The van der Waals surface area contributed by atoms with E-state index in [0.29, 0.717) is 28.5 Å². The summed E-state index contributed by atoms with van der Waals surface area (Å²) in [7, 11) is 0. The molecule has 0 radical (unpaired) electrons. The molecule has 0 saturated carbocycles. The Kier molecular flexibility index (Phi) is 6.04. The standard InChI is InChI=1S/C22H17BrClFN2O2S/c1-2-8-27-21(28)20(30-22(27)29)9-13-11-26(19-7-6-14(23)10-15(13)19)12-16-17(24)4-3-5-18(16)25/h3-7,9-11H,2,8,12H2,1H3/b20-9-. The summed E-state index contributed by atoms with van der Waals surface area (Å²) in [6, 6.07) is 10.4. The van der Waals surface area contributed by atoms with E-state index in [9.17, 15) is 14.0 Å². The highest BCUT2D eigenvalue weighted by Gasteiger charge is 2.34. The first-order valence-corrected chi connectivity index (χ1v) is 11.3. The number of fused-ring (bicyclic) bond motifs is 1. The van der Waals surface area contributed by atoms with Crippen LogP contribution in [0.3, 0.4) is 0 Å². The highest BCUT2D eigenvalue weighted by Crippen LogP contribution is 2.35. The van der Waals surface area contributed by atoms with Gasteiger partial charge in [-0.15, -0.1) is 0 Å². The van der Waals surface area contributed by atoms with E-state index in [-0.39, 0.29) is 23.5 Å². The first-order chi connectivity index (χ1) is 14.4. The third kappa shape index (κ3) is 3.94. The number of carbonyl (C=O) groups is 2.